The number of carbonyl (C=O) groups is 1. The molecule has 0 saturated carbocycles. The maximum atomic E-state index is 10.9. The van der Waals surface area contributed by atoms with Crippen LogP contribution in [0, 0.1) is 0 Å². The van der Waals surface area contributed by atoms with Crippen molar-refractivity contribution in [1.82, 2.24) is 0 Å². The molecule has 0 saturated heterocycles. The summed E-state index contributed by atoms with van der Waals surface area (Å²) in [5.41, 5.74) is 0.768. The number of hydrogen-bond acceptors (Lipinski definition) is 2. The Morgan fingerprint density at radius 3 is 2.56 bits per heavy atom. The SMILES string of the molecule is CCCCCc1c(O)cccc1C(=O)O.[KH]. The van der Waals surface area contributed by atoms with Crippen LogP contribution < -0.4 is 0 Å². The van der Waals surface area contributed by atoms with Crippen molar-refractivity contribution < 1.29 is 15.0 Å². The topological polar surface area (TPSA) is 57.5 Å². The van der Waals surface area contributed by atoms with Crippen LogP contribution in [0.1, 0.15) is 42.1 Å². The van der Waals surface area contributed by atoms with Crippen molar-refractivity contribution in [2.75, 3.05) is 0 Å². The van der Waals surface area contributed by atoms with E-state index in [4.69, 9.17) is 5.11 Å². The Hall–Kier alpha value is 0.126. The summed E-state index contributed by atoms with van der Waals surface area (Å²) < 4.78 is 0. The van der Waals surface area contributed by atoms with Gasteiger partial charge in [0.25, 0.3) is 0 Å². The summed E-state index contributed by atoms with van der Waals surface area (Å²) in [5, 5.41) is 18.5. The molecule has 0 amide bonds. The van der Waals surface area contributed by atoms with Crippen molar-refractivity contribution in [3.05, 3.63) is 29.3 Å². The van der Waals surface area contributed by atoms with Crippen LogP contribution in [0.3, 0.4) is 0 Å². The quantitative estimate of drug-likeness (QED) is 0.620. The van der Waals surface area contributed by atoms with Gasteiger partial charge in [-0.3, -0.25) is 0 Å². The zero-order chi connectivity index (χ0) is 11.3. The second kappa shape index (κ2) is 8.25. The third-order valence-electron chi connectivity index (χ3n) is 2.41. The number of unbranched alkanes of at least 4 members (excludes halogenated alkanes) is 2. The molecule has 0 heterocycles. The van der Waals surface area contributed by atoms with Crippen molar-refractivity contribution >= 4 is 57.4 Å². The van der Waals surface area contributed by atoms with Gasteiger partial charge in [0.2, 0.25) is 0 Å². The minimum absolute atomic E-state index is 0. The first kappa shape index (κ1) is 16.1. The molecule has 3 nitrogen and oxygen atoms in total. The number of phenolic OH excluding ortho intramolecular Hbond substituents is 1. The van der Waals surface area contributed by atoms with Crippen LogP contribution in [-0.4, -0.2) is 67.6 Å². The molecule has 0 aliphatic carbocycles. The first-order chi connectivity index (χ1) is 7.16. The Labute approximate surface area is 138 Å². The van der Waals surface area contributed by atoms with Crippen LogP contribution in [0.2, 0.25) is 0 Å². The summed E-state index contributed by atoms with van der Waals surface area (Å²) in [7, 11) is 0. The first-order valence-corrected chi connectivity index (χ1v) is 5.21. The Morgan fingerprint density at radius 2 is 2.00 bits per heavy atom. The molecule has 1 aromatic rings. The fourth-order valence-electron chi connectivity index (χ4n) is 1.59. The van der Waals surface area contributed by atoms with Crippen molar-refractivity contribution in [1.29, 1.82) is 0 Å². The van der Waals surface area contributed by atoms with E-state index < -0.39 is 5.97 Å². The monoisotopic (exact) mass is 248 g/mol. The summed E-state index contributed by atoms with van der Waals surface area (Å²) in [6, 6.07) is 4.62. The molecule has 0 aromatic heterocycles. The van der Waals surface area contributed by atoms with Gasteiger partial charge in [-0.05, 0) is 25.0 Å². The maximum absolute atomic E-state index is 10.9. The molecule has 2 N–H and O–H groups in total. The molecule has 0 aliphatic heterocycles. The van der Waals surface area contributed by atoms with Gasteiger partial charge in [-0.15, -0.1) is 0 Å². The second-order valence-electron chi connectivity index (χ2n) is 3.57. The number of phenols is 1. The summed E-state index contributed by atoms with van der Waals surface area (Å²) in [6.07, 6.45) is 3.67. The number of rotatable bonds is 5. The van der Waals surface area contributed by atoms with E-state index in [9.17, 15) is 9.90 Å². The van der Waals surface area contributed by atoms with Crippen LogP contribution in [0.15, 0.2) is 18.2 Å². The molecular weight excluding hydrogens is 231 g/mol. The molecule has 0 radical (unpaired) electrons. The molecule has 0 aliphatic rings. The predicted octanol–water partition coefficient (Wildman–Crippen LogP) is 2.17. The second-order valence-corrected chi connectivity index (χ2v) is 3.57. The van der Waals surface area contributed by atoms with E-state index >= 15 is 0 Å². The molecule has 0 atom stereocenters. The summed E-state index contributed by atoms with van der Waals surface area (Å²) in [4.78, 5) is 10.9. The first-order valence-electron chi connectivity index (χ1n) is 5.21. The van der Waals surface area contributed by atoms with Gasteiger partial charge in [-0.2, -0.15) is 0 Å². The van der Waals surface area contributed by atoms with Gasteiger partial charge in [-0.1, -0.05) is 25.8 Å². The molecule has 0 spiro atoms. The van der Waals surface area contributed by atoms with E-state index in [0.717, 1.165) is 19.3 Å². The van der Waals surface area contributed by atoms with Gasteiger partial charge >= 0.3 is 57.4 Å². The molecule has 4 heteroatoms. The molecule has 0 unspecified atom stereocenters. The summed E-state index contributed by atoms with van der Waals surface area (Å²) >= 11 is 0. The zero-order valence-electron chi connectivity index (χ0n) is 8.86. The van der Waals surface area contributed by atoms with Gasteiger partial charge in [0.15, 0.2) is 0 Å². The third kappa shape index (κ3) is 4.55. The van der Waals surface area contributed by atoms with Crippen molar-refractivity contribution in [3.8, 4) is 5.75 Å². The van der Waals surface area contributed by atoms with Gasteiger partial charge < -0.3 is 10.2 Å². The minimum atomic E-state index is -0.975. The van der Waals surface area contributed by atoms with Crippen molar-refractivity contribution in [2.24, 2.45) is 0 Å². The van der Waals surface area contributed by atoms with Crippen LogP contribution in [0.5, 0.6) is 5.75 Å². The Balaban J connectivity index is 0.00000225. The van der Waals surface area contributed by atoms with Crippen LogP contribution in [0.25, 0.3) is 0 Å². The van der Waals surface area contributed by atoms with Crippen LogP contribution in [-0.2, 0) is 6.42 Å². The average Bonchev–Trinajstić information content (AvgIpc) is 2.20. The molecule has 16 heavy (non-hydrogen) atoms. The summed E-state index contributed by atoms with van der Waals surface area (Å²) in [6.45, 7) is 2.09. The molecule has 1 rings (SSSR count). The van der Waals surface area contributed by atoms with Gasteiger partial charge in [0.05, 0.1) is 5.56 Å². The van der Waals surface area contributed by atoms with Gasteiger partial charge in [-0.25, -0.2) is 4.79 Å². The van der Waals surface area contributed by atoms with Gasteiger partial charge in [0.1, 0.15) is 5.75 Å². The number of carboxylic acids is 1. The van der Waals surface area contributed by atoms with E-state index in [0.29, 0.717) is 12.0 Å². The fraction of sp³-hybridized carbons (Fsp3) is 0.417. The number of benzene rings is 1. The molecular formula is C12H17KO3. The van der Waals surface area contributed by atoms with E-state index in [1.807, 2.05) is 0 Å². The standard InChI is InChI=1S/C12H16O3.K.H/c1-2-3-4-6-9-10(12(14)15)7-5-8-11(9)13;;/h5,7-8,13H,2-4,6H2,1H3,(H,14,15);;. The van der Waals surface area contributed by atoms with Gasteiger partial charge in [0, 0.05) is 5.56 Å². The molecule has 0 fully saturated rings. The van der Waals surface area contributed by atoms with E-state index in [1.54, 1.807) is 6.07 Å². The third-order valence-corrected chi connectivity index (χ3v) is 2.41. The molecule has 84 valence electrons. The fourth-order valence-corrected chi connectivity index (χ4v) is 1.59. The van der Waals surface area contributed by atoms with E-state index in [1.165, 1.54) is 12.1 Å². The van der Waals surface area contributed by atoms with Crippen LogP contribution >= 0.6 is 0 Å². The Bertz CT molecular complexity index is 350. The van der Waals surface area contributed by atoms with Crippen LogP contribution in [0.4, 0.5) is 0 Å². The van der Waals surface area contributed by atoms with Crippen molar-refractivity contribution in [3.63, 3.8) is 0 Å². The van der Waals surface area contributed by atoms with Crippen molar-refractivity contribution in [2.45, 2.75) is 32.6 Å². The zero-order valence-corrected chi connectivity index (χ0v) is 8.86. The van der Waals surface area contributed by atoms with E-state index in [-0.39, 0.29) is 62.7 Å². The average molecular weight is 248 g/mol. The normalized spacial score (nSPS) is 9.56. The number of aromatic hydroxyl groups is 1. The number of aromatic carboxylic acids is 1. The molecule has 0 bridgehead atoms. The summed E-state index contributed by atoms with van der Waals surface area (Å²) in [5.74, 6) is -0.886. The van der Waals surface area contributed by atoms with E-state index in [2.05, 4.69) is 6.92 Å². The Morgan fingerprint density at radius 1 is 1.31 bits per heavy atom. The number of carboxylic acid groups (broad SMARTS) is 1. The molecule has 1 aromatic carbocycles. The Kier molecular flexibility index (Phi) is 8.32. The number of hydrogen-bond donors (Lipinski definition) is 2. The predicted molar refractivity (Wildman–Crippen MR) is 65.4 cm³/mol.